The Kier molecular flexibility index (Phi) is 9.84. The number of phenolic OH excluding ortho intramolecular Hbond substituents is 1. The summed E-state index contributed by atoms with van der Waals surface area (Å²) in [5.74, 6) is 0.700. The second-order valence-corrected chi connectivity index (χ2v) is 8.28. The maximum atomic E-state index is 13.0. The molecule has 0 unspecified atom stereocenters. The molecule has 0 aliphatic rings. The average Bonchev–Trinajstić information content (AvgIpc) is 2.85. The minimum atomic E-state index is -0.461. The topological polar surface area (TPSA) is 55.8 Å². The fraction of sp³-hybridized carbons (Fsp3) is 0.345. The van der Waals surface area contributed by atoms with E-state index in [1.165, 1.54) is 50.7 Å². The number of rotatable bonds is 13. The quantitative estimate of drug-likeness (QED) is 0.165. The van der Waals surface area contributed by atoms with E-state index in [0.717, 1.165) is 24.0 Å². The van der Waals surface area contributed by atoms with Crippen LogP contribution in [0.15, 0.2) is 72.8 Å². The summed E-state index contributed by atoms with van der Waals surface area (Å²) in [4.78, 5) is 13.0. The molecule has 0 aliphatic carbocycles. The van der Waals surface area contributed by atoms with E-state index < -0.39 is 5.97 Å². The van der Waals surface area contributed by atoms with Gasteiger partial charge in [-0.1, -0.05) is 82.2 Å². The van der Waals surface area contributed by atoms with Gasteiger partial charge in [-0.2, -0.15) is 0 Å². The zero-order chi connectivity index (χ0) is 23.3. The van der Waals surface area contributed by atoms with E-state index >= 15 is 0 Å². The van der Waals surface area contributed by atoms with E-state index in [9.17, 15) is 9.90 Å². The van der Waals surface area contributed by atoms with Crippen molar-refractivity contribution in [3.63, 3.8) is 0 Å². The molecule has 0 heterocycles. The third kappa shape index (κ3) is 7.98. The standard InChI is InChI=1S/C29H34O4/c1-2-3-4-5-6-7-8-12-21-32-26-19-20-27(23-13-10-9-11-14-23)28(22-26)29(31)33-25-17-15-24(30)16-18-25/h9-11,13-20,22,30H,2-8,12,21H2,1H3. The highest BCUT2D eigenvalue weighted by Crippen LogP contribution is 2.29. The van der Waals surface area contributed by atoms with Gasteiger partial charge in [-0.25, -0.2) is 4.79 Å². The first-order valence-corrected chi connectivity index (χ1v) is 12.0. The number of carbonyl (C=O) groups is 1. The molecule has 0 fully saturated rings. The first-order chi connectivity index (χ1) is 16.2. The number of phenols is 1. The van der Waals surface area contributed by atoms with Gasteiger partial charge in [0.05, 0.1) is 12.2 Å². The predicted octanol–water partition coefficient (Wildman–Crippen LogP) is 7.80. The SMILES string of the molecule is CCCCCCCCCCOc1ccc(-c2ccccc2)c(C(=O)Oc2ccc(O)cc2)c1. The molecule has 3 rings (SSSR count). The van der Waals surface area contributed by atoms with Crippen LogP contribution in [-0.2, 0) is 0 Å². The highest BCUT2D eigenvalue weighted by atomic mass is 16.5. The normalized spacial score (nSPS) is 10.7. The molecular formula is C29H34O4. The predicted molar refractivity (Wildman–Crippen MR) is 133 cm³/mol. The maximum absolute atomic E-state index is 13.0. The lowest BCUT2D eigenvalue weighted by Crippen LogP contribution is -2.10. The smallest absolute Gasteiger partial charge is 0.344 e. The van der Waals surface area contributed by atoms with Crippen molar-refractivity contribution in [2.24, 2.45) is 0 Å². The summed E-state index contributed by atoms with van der Waals surface area (Å²) in [5, 5.41) is 9.46. The number of hydrogen-bond acceptors (Lipinski definition) is 4. The Morgan fingerprint density at radius 2 is 1.39 bits per heavy atom. The van der Waals surface area contributed by atoms with Gasteiger partial charge < -0.3 is 14.6 Å². The zero-order valence-corrected chi connectivity index (χ0v) is 19.5. The van der Waals surface area contributed by atoms with Crippen molar-refractivity contribution >= 4 is 5.97 Å². The van der Waals surface area contributed by atoms with E-state index in [1.54, 1.807) is 18.2 Å². The van der Waals surface area contributed by atoms with Crippen LogP contribution in [0.3, 0.4) is 0 Å². The number of carbonyl (C=O) groups excluding carboxylic acids is 1. The monoisotopic (exact) mass is 446 g/mol. The van der Waals surface area contributed by atoms with Gasteiger partial charge in [-0.3, -0.25) is 0 Å². The molecule has 4 nitrogen and oxygen atoms in total. The maximum Gasteiger partial charge on any atom is 0.344 e. The van der Waals surface area contributed by atoms with Gasteiger partial charge >= 0.3 is 5.97 Å². The summed E-state index contributed by atoms with van der Waals surface area (Å²) >= 11 is 0. The summed E-state index contributed by atoms with van der Waals surface area (Å²) in [6.45, 7) is 2.87. The van der Waals surface area contributed by atoms with Crippen molar-refractivity contribution < 1.29 is 19.4 Å². The molecule has 3 aromatic carbocycles. The molecule has 0 atom stereocenters. The number of ether oxygens (including phenoxy) is 2. The van der Waals surface area contributed by atoms with Crippen LogP contribution in [0.25, 0.3) is 11.1 Å². The van der Waals surface area contributed by atoms with Gasteiger partial charge in [0.15, 0.2) is 0 Å². The molecule has 0 saturated heterocycles. The Balaban J connectivity index is 1.63. The van der Waals surface area contributed by atoms with Crippen LogP contribution < -0.4 is 9.47 Å². The number of benzene rings is 3. The van der Waals surface area contributed by atoms with Crippen molar-refractivity contribution in [3.8, 4) is 28.4 Å². The third-order valence-electron chi connectivity index (χ3n) is 5.61. The van der Waals surface area contributed by atoms with E-state index in [1.807, 2.05) is 42.5 Å². The van der Waals surface area contributed by atoms with Crippen LogP contribution in [0.1, 0.15) is 68.6 Å². The summed E-state index contributed by atoms with van der Waals surface area (Å²) in [5.41, 5.74) is 2.17. The van der Waals surface area contributed by atoms with Crippen molar-refractivity contribution in [2.75, 3.05) is 6.61 Å². The molecule has 174 valence electrons. The minimum absolute atomic E-state index is 0.121. The molecule has 0 spiro atoms. The molecular weight excluding hydrogens is 412 g/mol. The Labute approximate surface area is 197 Å². The Morgan fingerprint density at radius 3 is 2.09 bits per heavy atom. The number of aromatic hydroxyl groups is 1. The summed E-state index contributed by atoms with van der Waals surface area (Å²) in [6.07, 6.45) is 9.96. The van der Waals surface area contributed by atoms with Crippen LogP contribution >= 0.6 is 0 Å². The van der Waals surface area contributed by atoms with Gasteiger partial charge in [-0.15, -0.1) is 0 Å². The molecule has 1 N–H and O–H groups in total. The largest absolute Gasteiger partial charge is 0.508 e. The van der Waals surface area contributed by atoms with Crippen LogP contribution in [0, 0.1) is 0 Å². The van der Waals surface area contributed by atoms with Crippen LogP contribution in [-0.4, -0.2) is 17.7 Å². The molecule has 33 heavy (non-hydrogen) atoms. The summed E-state index contributed by atoms with van der Waals surface area (Å²) in [6, 6.07) is 21.4. The Morgan fingerprint density at radius 1 is 0.758 bits per heavy atom. The number of unbranched alkanes of at least 4 members (excludes halogenated alkanes) is 7. The lowest BCUT2D eigenvalue weighted by atomic mass is 9.99. The fourth-order valence-electron chi connectivity index (χ4n) is 3.75. The number of hydrogen-bond donors (Lipinski definition) is 1. The minimum Gasteiger partial charge on any atom is -0.508 e. The highest BCUT2D eigenvalue weighted by Gasteiger charge is 2.17. The lowest BCUT2D eigenvalue weighted by molar-refractivity contribution is 0.0735. The molecule has 4 heteroatoms. The van der Waals surface area contributed by atoms with Crippen LogP contribution in [0.2, 0.25) is 0 Å². The van der Waals surface area contributed by atoms with E-state index in [0.29, 0.717) is 23.7 Å². The van der Waals surface area contributed by atoms with Crippen molar-refractivity contribution in [2.45, 2.75) is 58.3 Å². The second kappa shape index (κ2) is 13.3. The first kappa shape index (κ1) is 24.4. The van der Waals surface area contributed by atoms with E-state index in [4.69, 9.17) is 9.47 Å². The van der Waals surface area contributed by atoms with Crippen LogP contribution in [0.5, 0.6) is 17.2 Å². The van der Waals surface area contributed by atoms with Gasteiger partial charge in [0, 0.05) is 0 Å². The zero-order valence-electron chi connectivity index (χ0n) is 19.5. The molecule has 0 amide bonds. The van der Waals surface area contributed by atoms with Crippen molar-refractivity contribution in [1.82, 2.24) is 0 Å². The Bertz CT molecular complexity index is 980. The first-order valence-electron chi connectivity index (χ1n) is 12.0. The van der Waals surface area contributed by atoms with Crippen molar-refractivity contribution in [1.29, 1.82) is 0 Å². The van der Waals surface area contributed by atoms with E-state index in [2.05, 4.69) is 6.92 Å². The Hall–Kier alpha value is -3.27. The molecule has 0 radical (unpaired) electrons. The average molecular weight is 447 g/mol. The third-order valence-corrected chi connectivity index (χ3v) is 5.61. The van der Waals surface area contributed by atoms with Gasteiger partial charge in [0.2, 0.25) is 0 Å². The summed E-state index contributed by atoms with van der Waals surface area (Å²) in [7, 11) is 0. The molecule has 0 aromatic heterocycles. The molecule has 0 bridgehead atoms. The molecule has 0 saturated carbocycles. The lowest BCUT2D eigenvalue weighted by Gasteiger charge is -2.13. The van der Waals surface area contributed by atoms with Gasteiger partial charge in [0.1, 0.15) is 17.2 Å². The highest BCUT2D eigenvalue weighted by molar-refractivity contribution is 5.99. The van der Waals surface area contributed by atoms with Gasteiger partial charge in [-0.05, 0) is 60.0 Å². The fourth-order valence-corrected chi connectivity index (χ4v) is 3.75. The summed E-state index contributed by atoms with van der Waals surface area (Å²) < 4.78 is 11.5. The van der Waals surface area contributed by atoms with Crippen molar-refractivity contribution in [3.05, 3.63) is 78.4 Å². The second-order valence-electron chi connectivity index (χ2n) is 8.28. The van der Waals surface area contributed by atoms with Gasteiger partial charge in [0.25, 0.3) is 0 Å². The molecule has 3 aromatic rings. The van der Waals surface area contributed by atoms with E-state index in [-0.39, 0.29) is 5.75 Å². The molecule has 0 aliphatic heterocycles. The number of esters is 1. The van der Waals surface area contributed by atoms with Crippen LogP contribution in [0.4, 0.5) is 0 Å².